The van der Waals surface area contributed by atoms with Crippen molar-refractivity contribution in [3.05, 3.63) is 37.9 Å². The van der Waals surface area contributed by atoms with Gasteiger partial charge in [-0.15, -0.1) is 0 Å². The molecule has 1 heterocycles. The van der Waals surface area contributed by atoms with Gasteiger partial charge in [-0.05, 0) is 12.5 Å². The van der Waals surface area contributed by atoms with Crippen LogP contribution in [0.2, 0.25) is 10.0 Å². The lowest BCUT2D eigenvalue weighted by Gasteiger charge is -2.15. The fourth-order valence-corrected chi connectivity index (χ4v) is 2.33. The number of aliphatic hydroxyl groups is 1. The van der Waals surface area contributed by atoms with E-state index in [0.29, 0.717) is 13.0 Å². The zero-order valence-electron chi connectivity index (χ0n) is 9.68. The molecule has 1 aromatic carbocycles. The number of benzene rings is 1. The highest BCUT2D eigenvalue weighted by molar-refractivity contribution is 6.43. The Bertz CT molecular complexity index is 550. The zero-order chi connectivity index (χ0) is 14.2. The molecule has 19 heavy (non-hydrogen) atoms. The SMILES string of the molecule is O=C(c1cc(Cl)c(Cl)c([N+](=O)[O-])c1)N1CCC(O)C1. The molecule has 1 atom stereocenters. The van der Waals surface area contributed by atoms with Crippen molar-refractivity contribution in [3.63, 3.8) is 0 Å². The molecular weight excluding hydrogens is 295 g/mol. The van der Waals surface area contributed by atoms with Gasteiger partial charge < -0.3 is 10.0 Å². The van der Waals surface area contributed by atoms with Crippen molar-refractivity contribution in [2.45, 2.75) is 12.5 Å². The largest absolute Gasteiger partial charge is 0.391 e. The predicted octanol–water partition coefficient (Wildman–Crippen LogP) is 2.11. The van der Waals surface area contributed by atoms with E-state index < -0.39 is 22.6 Å². The quantitative estimate of drug-likeness (QED) is 0.670. The number of hydrogen-bond acceptors (Lipinski definition) is 4. The molecule has 1 aliphatic heterocycles. The Morgan fingerprint density at radius 2 is 2.16 bits per heavy atom. The Balaban J connectivity index is 2.35. The number of halogens is 2. The van der Waals surface area contributed by atoms with Crippen molar-refractivity contribution in [1.29, 1.82) is 0 Å². The van der Waals surface area contributed by atoms with Gasteiger partial charge >= 0.3 is 0 Å². The summed E-state index contributed by atoms with van der Waals surface area (Å²) < 4.78 is 0. The fraction of sp³-hybridized carbons (Fsp3) is 0.364. The van der Waals surface area contributed by atoms with Crippen molar-refractivity contribution in [3.8, 4) is 0 Å². The second kappa shape index (κ2) is 5.32. The zero-order valence-corrected chi connectivity index (χ0v) is 11.2. The number of nitrogens with zero attached hydrogens (tertiary/aromatic N) is 2. The minimum absolute atomic E-state index is 0.0426. The number of hydrogen-bond donors (Lipinski definition) is 1. The highest BCUT2D eigenvalue weighted by atomic mass is 35.5. The van der Waals surface area contributed by atoms with Crippen molar-refractivity contribution in [2.24, 2.45) is 0 Å². The van der Waals surface area contributed by atoms with E-state index in [0.717, 1.165) is 6.07 Å². The number of rotatable bonds is 2. The van der Waals surface area contributed by atoms with E-state index in [-0.39, 0.29) is 22.2 Å². The number of nitro groups is 1. The van der Waals surface area contributed by atoms with Crippen LogP contribution in [0.5, 0.6) is 0 Å². The van der Waals surface area contributed by atoms with E-state index >= 15 is 0 Å². The van der Waals surface area contributed by atoms with Crippen molar-refractivity contribution in [2.75, 3.05) is 13.1 Å². The second-order valence-electron chi connectivity index (χ2n) is 4.24. The molecule has 6 nitrogen and oxygen atoms in total. The van der Waals surface area contributed by atoms with Gasteiger partial charge in [-0.3, -0.25) is 14.9 Å². The first kappa shape index (κ1) is 14.0. The maximum Gasteiger partial charge on any atom is 0.290 e. The Hall–Kier alpha value is -1.37. The summed E-state index contributed by atoms with van der Waals surface area (Å²) in [5.74, 6) is -0.404. The molecule has 0 radical (unpaired) electrons. The van der Waals surface area contributed by atoms with Gasteiger partial charge in [-0.1, -0.05) is 23.2 Å². The van der Waals surface area contributed by atoms with Gasteiger partial charge in [0.2, 0.25) is 0 Å². The number of likely N-dealkylation sites (tertiary alicyclic amines) is 1. The van der Waals surface area contributed by atoms with E-state index in [4.69, 9.17) is 23.2 Å². The Morgan fingerprint density at radius 3 is 2.68 bits per heavy atom. The average Bonchev–Trinajstić information content (AvgIpc) is 2.78. The van der Waals surface area contributed by atoms with Gasteiger partial charge in [0.05, 0.1) is 16.0 Å². The molecule has 0 bridgehead atoms. The van der Waals surface area contributed by atoms with E-state index in [1.54, 1.807) is 0 Å². The van der Waals surface area contributed by atoms with E-state index in [1.165, 1.54) is 11.0 Å². The highest BCUT2D eigenvalue weighted by Crippen LogP contribution is 2.33. The third kappa shape index (κ3) is 2.80. The van der Waals surface area contributed by atoms with Crippen LogP contribution in [-0.2, 0) is 0 Å². The average molecular weight is 305 g/mol. The maximum absolute atomic E-state index is 12.1. The topological polar surface area (TPSA) is 83.7 Å². The predicted molar refractivity (Wildman–Crippen MR) is 69.6 cm³/mol. The summed E-state index contributed by atoms with van der Waals surface area (Å²) >= 11 is 11.5. The van der Waals surface area contributed by atoms with Crippen LogP contribution in [0.3, 0.4) is 0 Å². The summed E-state index contributed by atoms with van der Waals surface area (Å²) in [6.07, 6.45) is -0.0588. The van der Waals surface area contributed by atoms with Crippen LogP contribution in [0.1, 0.15) is 16.8 Å². The summed E-state index contributed by atoms with van der Waals surface area (Å²) in [5, 5.41) is 20.0. The van der Waals surface area contributed by atoms with Crippen LogP contribution in [0, 0.1) is 10.1 Å². The summed E-state index contributed by atoms with van der Waals surface area (Å²) in [6.45, 7) is 0.626. The molecule has 1 N–H and O–H groups in total. The van der Waals surface area contributed by atoms with Crippen LogP contribution in [0.4, 0.5) is 5.69 Å². The monoisotopic (exact) mass is 304 g/mol. The van der Waals surface area contributed by atoms with Gasteiger partial charge in [-0.25, -0.2) is 0 Å². The molecule has 102 valence electrons. The smallest absolute Gasteiger partial charge is 0.290 e. The van der Waals surface area contributed by atoms with Gasteiger partial charge in [0, 0.05) is 24.7 Å². The molecule has 8 heteroatoms. The molecule has 2 rings (SSSR count). The molecule has 1 fully saturated rings. The van der Waals surface area contributed by atoms with E-state index in [2.05, 4.69) is 0 Å². The molecular formula is C11H10Cl2N2O4. The van der Waals surface area contributed by atoms with Gasteiger partial charge in [0.15, 0.2) is 0 Å². The molecule has 0 spiro atoms. The van der Waals surface area contributed by atoms with Crippen molar-refractivity contribution in [1.82, 2.24) is 4.90 Å². The van der Waals surface area contributed by atoms with Crippen LogP contribution in [0.15, 0.2) is 12.1 Å². The number of carbonyl (C=O) groups excluding carboxylic acids is 1. The van der Waals surface area contributed by atoms with E-state index in [1.807, 2.05) is 0 Å². The second-order valence-corrected chi connectivity index (χ2v) is 5.03. The number of aliphatic hydroxyl groups excluding tert-OH is 1. The van der Waals surface area contributed by atoms with Gasteiger partial charge in [0.1, 0.15) is 5.02 Å². The summed E-state index contributed by atoms with van der Waals surface area (Å²) in [4.78, 5) is 23.7. The molecule has 0 aliphatic carbocycles. The van der Waals surface area contributed by atoms with Crippen LogP contribution < -0.4 is 0 Å². The van der Waals surface area contributed by atoms with E-state index in [9.17, 15) is 20.0 Å². The summed E-state index contributed by atoms with van der Waals surface area (Å²) in [5.41, 5.74) is -0.313. The molecule has 1 saturated heterocycles. The Morgan fingerprint density at radius 1 is 1.47 bits per heavy atom. The van der Waals surface area contributed by atoms with Crippen molar-refractivity contribution < 1.29 is 14.8 Å². The Kier molecular flexibility index (Phi) is 3.93. The lowest BCUT2D eigenvalue weighted by molar-refractivity contribution is -0.384. The number of carbonyl (C=O) groups is 1. The molecule has 1 aliphatic rings. The normalized spacial score (nSPS) is 18.7. The first-order valence-electron chi connectivity index (χ1n) is 5.51. The molecule has 0 aromatic heterocycles. The summed E-state index contributed by atoms with van der Waals surface area (Å²) in [6, 6.07) is 2.39. The van der Waals surface area contributed by atoms with Crippen LogP contribution in [-0.4, -0.2) is 40.0 Å². The minimum Gasteiger partial charge on any atom is -0.391 e. The standard InChI is InChI=1S/C11H10Cl2N2O4/c12-8-3-6(4-9(10(8)13)15(18)19)11(17)14-2-1-7(16)5-14/h3-4,7,16H,1-2,5H2. The Labute approximate surface area is 118 Å². The highest BCUT2D eigenvalue weighted by Gasteiger charge is 2.28. The molecule has 0 saturated carbocycles. The van der Waals surface area contributed by atoms with Crippen LogP contribution >= 0.6 is 23.2 Å². The van der Waals surface area contributed by atoms with Gasteiger partial charge in [0.25, 0.3) is 11.6 Å². The maximum atomic E-state index is 12.1. The lowest BCUT2D eigenvalue weighted by atomic mass is 10.1. The first-order chi connectivity index (χ1) is 8.90. The molecule has 1 unspecified atom stereocenters. The number of amides is 1. The third-order valence-electron chi connectivity index (χ3n) is 2.90. The fourth-order valence-electron chi connectivity index (χ4n) is 1.94. The molecule has 1 amide bonds. The number of nitro benzene ring substituents is 1. The number of β-amino-alcohol motifs (C(OH)–C–C–N with tert-alkyl or cyclic N) is 1. The van der Waals surface area contributed by atoms with Crippen LogP contribution in [0.25, 0.3) is 0 Å². The minimum atomic E-state index is -0.691. The van der Waals surface area contributed by atoms with Gasteiger partial charge in [-0.2, -0.15) is 0 Å². The molecule has 1 aromatic rings. The summed E-state index contributed by atoms with van der Waals surface area (Å²) in [7, 11) is 0. The third-order valence-corrected chi connectivity index (χ3v) is 3.70. The lowest BCUT2D eigenvalue weighted by Crippen LogP contribution is -2.29. The van der Waals surface area contributed by atoms with Crippen molar-refractivity contribution >= 4 is 34.8 Å². The first-order valence-corrected chi connectivity index (χ1v) is 6.26.